The van der Waals surface area contributed by atoms with Crippen LogP contribution in [0.3, 0.4) is 0 Å². The first-order valence-corrected chi connectivity index (χ1v) is 6.39. The molecule has 0 spiro atoms. The Kier molecular flexibility index (Phi) is 3.52. The van der Waals surface area contributed by atoms with Crippen LogP contribution in [-0.2, 0) is 11.3 Å². The summed E-state index contributed by atoms with van der Waals surface area (Å²) in [6, 6.07) is 8.12. The summed E-state index contributed by atoms with van der Waals surface area (Å²) in [6.07, 6.45) is 1.96. The van der Waals surface area contributed by atoms with E-state index in [0.29, 0.717) is 6.54 Å². The van der Waals surface area contributed by atoms with Gasteiger partial charge in [0.25, 0.3) is 0 Å². The molecule has 3 nitrogen and oxygen atoms in total. The van der Waals surface area contributed by atoms with Crippen molar-refractivity contribution in [2.75, 3.05) is 13.6 Å². The molecule has 1 aromatic carbocycles. The van der Waals surface area contributed by atoms with Crippen molar-refractivity contribution in [1.82, 2.24) is 9.47 Å². The summed E-state index contributed by atoms with van der Waals surface area (Å²) in [4.78, 5) is 13.6. The van der Waals surface area contributed by atoms with Gasteiger partial charge in [-0.1, -0.05) is 22.0 Å². The van der Waals surface area contributed by atoms with E-state index in [4.69, 9.17) is 0 Å². The maximum absolute atomic E-state index is 11.9. The van der Waals surface area contributed by atoms with Gasteiger partial charge in [-0.15, -0.1) is 0 Å². The van der Waals surface area contributed by atoms with Crippen molar-refractivity contribution >= 4 is 32.7 Å². The van der Waals surface area contributed by atoms with E-state index in [0.717, 1.165) is 21.9 Å². The Morgan fingerprint density at radius 1 is 1.41 bits per heavy atom. The number of likely N-dealkylation sites (N-methyl/N-ethyl adjacent to an activating group) is 1. The van der Waals surface area contributed by atoms with Crippen molar-refractivity contribution in [3.63, 3.8) is 0 Å². The van der Waals surface area contributed by atoms with Gasteiger partial charge in [-0.25, -0.2) is 0 Å². The molecule has 1 heterocycles. The molecule has 0 saturated carbocycles. The monoisotopic (exact) mass is 294 g/mol. The van der Waals surface area contributed by atoms with Crippen LogP contribution in [0.25, 0.3) is 10.9 Å². The molecular weight excluding hydrogens is 280 g/mol. The molecule has 0 fully saturated rings. The van der Waals surface area contributed by atoms with E-state index in [1.54, 1.807) is 4.90 Å². The lowest BCUT2D eigenvalue weighted by Crippen LogP contribution is -2.29. The van der Waals surface area contributed by atoms with Crippen molar-refractivity contribution in [3.05, 3.63) is 34.9 Å². The summed E-state index contributed by atoms with van der Waals surface area (Å²) in [5, 5.41) is 1.15. The number of carbonyl (C=O) groups excluding carboxylic acids is 1. The molecule has 1 amide bonds. The average molecular weight is 295 g/mol. The molecule has 0 saturated heterocycles. The Hall–Kier alpha value is -1.29. The Labute approximate surface area is 109 Å². The second kappa shape index (κ2) is 4.92. The summed E-state index contributed by atoms with van der Waals surface area (Å²) in [5.41, 5.74) is 1.08. The van der Waals surface area contributed by atoms with Crippen molar-refractivity contribution in [2.45, 2.75) is 13.5 Å². The third kappa shape index (κ3) is 2.52. The topological polar surface area (TPSA) is 25.2 Å². The molecule has 0 N–H and O–H groups in total. The predicted molar refractivity (Wildman–Crippen MR) is 72.9 cm³/mol. The van der Waals surface area contributed by atoms with E-state index < -0.39 is 0 Å². The average Bonchev–Trinajstić information content (AvgIpc) is 2.71. The fraction of sp³-hybridized carbons (Fsp3) is 0.308. The van der Waals surface area contributed by atoms with E-state index in [1.807, 2.05) is 49.0 Å². The molecule has 17 heavy (non-hydrogen) atoms. The number of halogens is 1. The zero-order valence-electron chi connectivity index (χ0n) is 9.98. The Bertz CT molecular complexity index is 547. The SMILES string of the molecule is CCN(C)C(=O)Cn1ccc2ccc(Br)cc21. The smallest absolute Gasteiger partial charge is 0.242 e. The Balaban J connectivity index is 2.30. The van der Waals surface area contributed by atoms with Crippen LogP contribution >= 0.6 is 15.9 Å². The summed E-state index contributed by atoms with van der Waals surface area (Å²) < 4.78 is 3.01. The van der Waals surface area contributed by atoms with Crippen LogP contribution in [0, 0.1) is 0 Å². The van der Waals surface area contributed by atoms with E-state index in [1.165, 1.54) is 0 Å². The highest BCUT2D eigenvalue weighted by Gasteiger charge is 2.09. The number of hydrogen-bond acceptors (Lipinski definition) is 1. The molecular formula is C13H15BrN2O. The van der Waals surface area contributed by atoms with Gasteiger partial charge in [-0.05, 0) is 30.5 Å². The van der Waals surface area contributed by atoms with E-state index in [2.05, 4.69) is 15.9 Å². The third-order valence-electron chi connectivity index (χ3n) is 2.94. The van der Waals surface area contributed by atoms with Gasteiger partial charge in [0.05, 0.1) is 0 Å². The minimum atomic E-state index is 0.130. The molecule has 1 aromatic heterocycles. The van der Waals surface area contributed by atoms with Gasteiger partial charge in [0.15, 0.2) is 0 Å². The molecule has 0 atom stereocenters. The van der Waals surface area contributed by atoms with Crippen molar-refractivity contribution in [2.24, 2.45) is 0 Å². The van der Waals surface area contributed by atoms with Crippen molar-refractivity contribution in [1.29, 1.82) is 0 Å². The van der Waals surface area contributed by atoms with Crippen LogP contribution in [0.15, 0.2) is 34.9 Å². The molecule has 0 radical (unpaired) electrons. The number of amides is 1. The lowest BCUT2D eigenvalue weighted by atomic mass is 10.2. The fourth-order valence-corrected chi connectivity index (χ4v) is 2.09. The van der Waals surface area contributed by atoms with Gasteiger partial charge >= 0.3 is 0 Å². The molecule has 0 aliphatic rings. The molecule has 90 valence electrons. The number of fused-ring (bicyclic) bond motifs is 1. The fourth-order valence-electron chi connectivity index (χ4n) is 1.74. The van der Waals surface area contributed by atoms with E-state index in [-0.39, 0.29) is 5.91 Å². The first-order valence-electron chi connectivity index (χ1n) is 5.60. The van der Waals surface area contributed by atoms with Gasteiger partial charge in [0.1, 0.15) is 6.54 Å². The molecule has 4 heteroatoms. The van der Waals surface area contributed by atoms with Gasteiger partial charge in [0.2, 0.25) is 5.91 Å². The summed E-state index contributed by atoms with van der Waals surface area (Å²) >= 11 is 3.45. The molecule has 0 unspecified atom stereocenters. The summed E-state index contributed by atoms with van der Waals surface area (Å²) in [5.74, 6) is 0.130. The van der Waals surface area contributed by atoms with Gasteiger partial charge < -0.3 is 9.47 Å². The molecule has 2 aromatic rings. The number of nitrogens with zero attached hydrogens (tertiary/aromatic N) is 2. The number of hydrogen-bond donors (Lipinski definition) is 0. The maximum atomic E-state index is 11.9. The van der Waals surface area contributed by atoms with Crippen LogP contribution < -0.4 is 0 Å². The number of aromatic nitrogens is 1. The first-order chi connectivity index (χ1) is 8.11. The van der Waals surface area contributed by atoms with E-state index in [9.17, 15) is 4.79 Å². The first kappa shape index (κ1) is 12.2. The van der Waals surface area contributed by atoms with Crippen LogP contribution in [0.5, 0.6) is 0 Å². The lowest BCUT2D eigenvalue weighted by molar-refractivity contribution is -0.130. The quantitative estimate of drug-likeness (QED) is 0.854. The normalized spacial score (nSPS) is 10.8. The zero-order valence-corrected chi connectivity index (χ0v) is 11.6. The van der Waals surface area contributed by atoms with Gasteiger partial charge in [-0.2, -0.15) is 0 Å². The van der Waals surface area contributed by atoms with E-state index >= 15 is 0 Å². The third-order valence-corrected chi connectivity index (χ3v) is 3.43. The van der Waals surface area contributed by atoms with Crippen LogP contribution in [0.4, 0.5) is 0 Å². The number of benzene rings is 1. The van der Waals surface area contributed by atoms with Crippen LogP contribution in [0.1, 0.15) is 6.92 Å². The summed E-state index contributed by atoms with van der Waals surface area (Å²) in [6.45, 7) is 3.11. The largest absolute Gasteiger partial charge is 0.344 e. The van der Waals surface area contributed by atoms with Crippen LogP contribution in [0.2, 0.25) is 0 Å². The Morgan fingerprint density at radius 2 is 2.18 bits per heavy atom. The maximum Gasteiger partial charge on any atom is 0.242 e. The molecule has 2 rings (SSSR count). The highest BCUT2D eigenvalue weighted by Crippen LogP contribution is 2.20. The van der Waals surface area contributed by atoms with Crippen molar-refractivity contribution in [3.8, 4) is 0 Å². The van der Waals surface area contributed by atoms with Gasteiger partial charge in [-0.3, -0.25) is 4.79 Å². The second-order valence-electron chi connectivity index (χ2n) is 4.05. The molecule has 0 bridgehead atoms. The lowest BCUT2D eigenvalue weighted by Gasteiger charge is -2.15. The van der Waals surface area contributed by atoms with Gasteiger partial charge in [0, 0.05) is 29.8 Å². The van der Waals surface area contributed by atoms with Crippen molar-refractivity contribution < 1.29 is 4.79 Å². The highest BCUT2D eigenvalue weighted by molar-refractivity contribution is 9.10. The molecule has 0 aliphatic heterocycles. The summed E-state index contributed by atoms with van der Waals surface area (Å²) in [7, 11) is 1.82. The number of rotatable bonds is 3. The number of carbonyl (C=O) groups is 1. The minimum Gasteiger partial charge on any atom is -0.344 e. The van der Waals surface area contributed by atoms with Crippen LogP contribution in [-0.4, -0.2) is 29.0 Å². The highest BCUT2D eigenvalue weighted by atomic mass is 79.9. The Morgan fingerprint density at radius 3 is 2.88 bits per heavy atom. The standard InChI is InChI=1S/C13H15BrN2O/c1-3-15(2)13(17)9-16-7-6-10-4-5-11(14)8-12(10)16/h4-8H,3,9H2,1-2H3. The molecule has 0 aliphatic carbocycles. The zero-order chi connectivity index (χ0) is 12.4. The minimum absolute atomic E-state index is 0.130. The predicted octanol–water partition coefficient (Wildman–Crippen LogP) is 2.88. The second-order valence-corrected chi connectivity index (χ2v) is 4.97.